The van der Waals surface area contributed by atoms with E-state index in [-0.39, 0.29) is 101 Å². The standard InChI is InChI=1S/C11H12O.CH3OP.W.2Y/c1-2-11-7-9-5-3-4-6-10(9)8-12-11;1-3-2;;;/h2-7,11H,8H2,1H3;1H3;;;/q-2;;;;. The Hall–Kier alpha value is 2.05. The van der Waals surface area contributed by atoms with E-state index in [0.717, 1.165) is 6.61 Å². The summed E-state index contributed by atoms with van der Waals surface area (Å²) >= 11 is 0. The molecule has 2 nitrogen and oxygen atoms in total. The van der Waals surface area contributed by atoms with Crippen LogP contribution in [0.2, 0.25) is 0 Å². The molecular weight excluding hydrogens is 569 g/mol. The molecule has 0 N–H and O–H groups in total. The van der Waals surface area contributed by atoms with Gasteiger partial charge in [-0.25, -0.2) is 0 Å². The number of ether oxygens (including phenoxy) is 1. The van der Waals surface area contributed by atoms with Crippen LogP contribution in [0.3, 0.4) is 0 Å². The maximum Gasteiger partial charge on any atom is 0.151 e. The van der Waals surface area contributed by atoms with Crippen LogP contribution in [0.15, 0.2) is 24.3 Å². The van der Waals surface area contributed by atoms with Crippen LogP contribution in [0.1, 0.15) is 18.1 Å². The quantitative estimate of drug-likeness (QED) is 0.375. The molecule has 1 unspecified atom stereocenters. The van der Waals surface area contributed by atoms with Gasteiger partial charge in [0.05, 0.1) is 0 Å². The first-order valence-electron chi connectivity index (χ1n) is 4.87. The molecule has 1 aromatic carbocycles. The molecule has 0 aliphatic carbocycles. The minimum absolute atomic E-state index is 0. The Morgan fingerprint density at radius 3 is 2.50 bits per heavy atom. The molecule has 18 heavy (non-hydrogen) atoms. The summed E-state index contributed by atoms with van der Waals surface area (Å²) in [6.45, 7) is 4.30. The zero-order valence-corrected chi connectivity index (χ0v) is 20.1. The predicted molar refractivity (Wildman–Crippen MR) is 61.9 cm³/mol. The molecule has 2 rings (SSSR count). The maximum atomic E-state index is 8.90. The Morgan fingerprint density at radius 1 is 1.39 bits per heavy atom. The second kappa shape index (κ2) is 15.4. The zero-order valence-electron chi connectivity index (χ0n) is 10.6. The SMILES string of the molecule is CP=O.C[CH-]C1[CH-]c2ccccc2CO1.[W].[Y].[Y]. The van der Waals surface area contributed by atoms with Crippen LogP contribution in [-0.4, -0.2) is 12.8 Å². The van der Waals surface area contributed by atoms with Crippen molar-refractivity contribution in [1.29, 1.82) is 0 Å². The monoisotopic (exact) mass is 584 g/mol. The Bertz CT molecular complexity index is 327. The smallest absolute Gasteiger partial charge is 0.151 e. The Balaban J connectivity index is -0.000000345. The van der Waals surface area contributed by atoms with Crippen molar-refractivity contribution < 1.29 is 95.8 Å². The van der Waals surface area contributed by atoms with Crippen molar-refractivity contribution in [3.63, 3.8) is 0 Å². The minimum atomic E-state index is 0. The van der Waals surface area contributed by atoms with Crippen molar-refractivity contribution in [2.24, 2.45) is 0 Å². The summed E-state index contributed by atoms with van der Waals surface area (Å²) in [4.78, 5) is 0. The molecule has 0 aromatic heterocycles. The van der Waals surface area contributed by atoms with Gasteiger partial charge in [-0.2, -0.15) is 25.0 Å². The van der Waals surface area contributed by atoms with Gasteiger partial charge in [0.1, 0.15) is 0 Å². The van der Waals surface area contributed by atoms with E-state index in [4.69, 9.17) is 9.30 Å². The Morgan fingerprint density at radius 2 is 1.94 bits per heavy atom. The number of hydrogen-bond donors (Lipinski definition) is 0. The molecule has 0 spiro atoms. The van der Waals surface area contributed by atoms with Crippen molar-refractivity contribution in [3.05, 3.63) is 48.2 Å². The number of hydrogen-bond acceptors (Lipinski definition) is 2. The van der Waals surface area contributed by atoms with E-state index in [9.17, 15) is 0 Å². The normalized spacial score (nSPS) is 15.3. The Labute approximate surface area is 176 Å². The fraction of sp³-hybridized carbons (Fsp3) is 0.333. The average Bonchev–Trinajstić information content (AvgIpc) is 2.29. The molecule has 0 saturated carbocycles. The summed E-state index contributed by atoms with van der Waals surface area (Å²) in [5.74, 6) is 0. The van der Waals surface area contributed by atoms with Crippen LogP contribution in [-0.2, 0) is 102 Å². The molecular formula is C12H15O2PWY2-2. The summed E-state index contributed by atoms with van der Waals surface area (Å²) in [5, 5.41) is 0. The van der Waals surface area contributed by atoms with E-state index in [1.54, 1.807) is 6.66 Å². The second-order valence-corrected chi connectivity index (χ2v) is 3.52. The fourth-order valence-electron chi connectivity index (χ4n) is 1.43. The number of fused-ring (bicyclic) bond motifs is 1. The van der Waals surface area contributed by atoms with Crippen LogP contribution in [0.4, 0.5) is 0 Å². The van der Waals surface area contributed by atoms with Gasteiger partial charge >= 0.3 is 0 Å². The van der Waals surface area contributed by atoms with E-state index >= 15 is 0 Å². The van der Waals surface area contributed by atoms with Crippen molar-refractivity contribution in [1.82, 2.24) is 0 Å². The number of rotatable bonds is 1. The molecule has 94 valence electrons. The van der Waals surface area contributed by atoms with Gasteiger partial charge in [-0.1, -0.05) is 12.2 Å². The molecule has 0 bridgehead atoms. The molecule has 2 radical (unpaired) electrons. The summed E-state index contributed by atoms with van der Waals surface area (Å²) < 4.78 is 14.4. The molecule has 1 aliphatic heterocycles. The van der Waals surface area contributed by atoms with Crippen molar-refractivity contribution in [2.75, 3.05) is 6.66 Å². The molecule has 0 amide bonds. The topological polar surface area (TPSA) is 26.3 Å². The van der Waals surface area contributed by atoms with E-state index in [0.29, 0.717) is 0 Å². The maximum absolute atomic E-state index is 8.90. The largest absolute Gasteiger partial charge is 0.425 e. The predicted octanol–water partition coefficient (Wildman–Crippen LogP) is 3.26. The average molecular weight is 584 g/mol. The number of benzene rings is 1. The second-order valence-electron chi connectivity index (χ2n) is 3.16. The van der Waals surface area contributed by atoms with Crippen LogP contribution < -0.4 is 0 Å². The van der Waals surface area contributed by atoms with Gasteiger partial charge in [-0.05, 0) is 0 Å². The van der Waals surface area contributed by atoms with Crippen LogP contribution in [0.5, 0.6) is 0 Å². The van der Waals surface area contributed by atoms with Gasteiger partial charge in [-0.3, -0.25) is 4.57 Å². The summed E-state index contributed by atoms with van der Waals surface area (Å²) in [5.41, 5.74) is 2.60. The third-order valence-electron chi connectivity index (χ3n) is 2.16. The first-order valence-corrected chi connectivity index (χ1v) is 6.13. The van der Waals surface area contributed by atoms with Crippen LogP contribution >= 0.6 is 8.46 Å². The van der Waals surface area contributed by atoms with Gasteiger partial charge in [0.15, 0.2) is 8.46 Å². The van der Waals surface area contributed by atoms with Gasteiger partial charge in [-0.15, -0.1) is 17.7 Å². The molecule has 1 aromatic rings. The van der Waals surface area contributed by atoms with Crippen molar-refractivity contribution in [2.45, 2.75) is 19.6 Å². The molecule has 1 atom stereocenters. The van der Waals surface area contributed by atoms with E-state index in [1.165, 1.54) is 11.1 Å². The summed E-state index contributed by atoms with van der Waals surface area (Å²) in [6, 6.07) is 8.35. The molecule has 1 aliphatic rings. The fourth-order valence-corrected chi connectivity index (χ4v) is 1.43. The molecule has 0 fully saturated rings. The van der Waals surface area contributed by atoms with E-state index < -0.39 is 0 Å². The van der Waals surface area contributed by atoms with Crippen LogP contribution in [0, 0.1) is 12.8 Å². The third-order valence-corrected chi connectivity index (χ3v) is 2.16. The summed E-state index contributed by atoms with van der Waals surface area (Å²) in [7, 11) is 0.167. The first kappa shape index (κ1) is 25.0. The zero-order chi connectivity index (χ0) is 11.1. The minimum Gasteiger partial charge on any atom is -0.425 e. The molecule has 6 heteroatoms. The van der Waals surface area contributed by atoms with Crippen molar-refractivity contribution >= 4 is 8.46 Å². The van der Waals surface area contributed by atoms with Crippen molar-refractivity contribution in [3.8, 4) is 0 Å². The van der Waals surface area contributed by atoms with Gasteiger partial charge in [0.2, 0.25) is 0 Å². The molecule has 0 saturated heterocycles. The van der Waals surface area contributed by atoms with Gasteiger partial charge < -0.3 is 11.2 Å². The Kier molecular flexibility index (Phi) is 21.5. The molecule has 1 heterocycles. The third kappa shape index (κ3) is 9.07. The van der Waals surface area contributed by atoms with Crippen LogP contribution in [0.25, 0.3) is 0 Å². The van der Waals surface area contributed by atoms with E-state index in [1.807, 2.05) is 13.0 Å². The van der Waals surface area contributed by atoms with E-state index in [2.05, 4.69) is 31.0 Å². The summed E-state index contributed by atoms with van der Waals surface area (Å²) in [6.07, 6.45) is 4.41. The van der Waals surface area contributed by atoms with Gasteiger partial charge in [0, 0.05) is 99.8 Å². The van der Waals surface area contributed by atoms with Gasteiger partial charge in [0.25, 0.3) is 0 Å². The first-order chi connectivity index (χ1) is 7.31.